The van der Waals surface area contributed by atoms with Crippen molar-refractivity contribution in [3.63, 3.8) is 0 Å². The van der Waals surface area contributed by atoms with Crippen LogP contribution in [-0.4, -0.2) is 30.4 Å². The van der Waals surface area contributed by atoms with Crippen LogP contribution in [0.1, 0.15) is 49.9 Å². The molecule has 1 aromatic rings. The molecular formula is C18H24N2O4. The smallest absolute Gasteiger partial charge is 0.338 e. The zero-order valence-electron chi connectivity index (χ0n) is 14.1. The van der Waals surface area contributed by atoms with E-state index in [1.54, 1.807) is 18.2 Å². The van der Waals surface area contributed by atoms with Crippen molar-refractivity contribution in [2.24, 2.45) is 5.92 Å². The molecule has 1 saturated carbocycles. The zero-order valence-corrected chi connectivity index (χ0v) is 14.1. The van der Waals surface area contributed by atoms with Crippen LogP contribution in [0.4, 0.5) is 5.69 Å². The third-order valence-electron chi connectivity index (χ3n) is 4.21. The highest BCUT2D eigenvalue weighted by Crippen LogP contribution is 2.23. The fraction of sp³-hybridized carbons (Fsp3) is 0.500. The highest BCUT2D eigenvalue weighted by atomic mass is 16.5. The number of nitrogens with one attached hydrogen (secondary N) is 2. The molecule has 2 atom stereocenters. The van der Waals surface area contributed by atoms with Crippen LogP contribution in [-0.2, 0) is 14.3 Å². The summed E-state index contributed by atoms with van der Waals surface area (Å²) in [6.07, 6.45) is 4.40. The van der Waals surface area contributed by atoms with Crippen LogP contribution < -0.4 is 10.6 Å². The number of ether oxygens (including phenoxy) is 1. The van der Waals surface area contributed by atoms with Gasteiger partial charge in [-0.25, -0.2) is 4.79 Å². The van der Waals surface area contributed by atoms with Crippen LogP contribution in [0.3, 0.4) is 0 Å². The highest BCUT2D eigenvalue weighted by Gasteiger charge is 2.23. The Morgan fingerprint density at radius 3 is 2.67 bits per heavy atom. The molecule has 1 aliphatic rings. The lowest BCUT2D eigenvalue weighted by molar-refractivity contribution is -0.125. The van der Waals surface area contributed by atoms with E-state index >= 15 is 0 Å². The van der Waals surface area contributed by atoms with Crippen molar-refractivity contribution in [3.05, 3.63) is 29.8 Å². The van der Waals surface area contributed by atoms with Crippen molar-refractivity contribution in [3.8, 4) is 0 Å². The molecular weight excluding hydrogens is 308 g/mol. The van der Waals surface area contributed by atoms with E-state index in [0.29, 0.717) is 17.2 Å². The Morgan fingerprint density at radius 2 is 1.96 bits per heavy atom. The molecule has 2 amide bonds. The summed E-state index contributed by atoms with van der Waals surface area (Å²) < 4.78 is 5.06. The maximum Gasteiger partial charge on any atom is 0.338 e. The Morgan fingerprint density at radius 1 is 1.21 bits per heavy atom. The topological polar surface area (TPSA) is 84.5 Å². The first kappa shape index (κ1) is 18.0. The van der Waals surface area contributed by atoms with Crippen LogP contribution in [0.2, 0.25) is 0 Å². The van der Waals surface area contributed by atoms with Crippen LogP contribution in [0.25, 0.3) is 0 Å². The Bertz CT molecular complexity index is 615. The normalized spacial score (nSPS) is 20.1. The van der Waals surface area contributed by atoms with Gasteiger partial charge in [0.1, 0.15) is 0 Å². The zero-order chi connectivity index (χ0) is 17.5. The van der Waals surface area contributed by atoms with Crippen LogP contribution in [0.15, 0.2) is 24.3 Å². The maximum absolute atomic E-state index is 12.0. The summed E-state index contributed by atoms with van der Waals surface area (Å²) in [5.74, 6) is -0.636. The van der Waals surface area contributed by atoms with E-state index < -0.39 is 5.97 Å². The second-order valence-corrected chi connectivity index (χ2v) is 6.27. The molecule has 130 valence electrons. The van der Waals surface area contributed by atoms with Gasteiger partial charge < -0.3 is 15.4 Å². The van der Waals surface area contributed by atoms with Crippen LogP contribution >= 0.6 is 0 Å². The maximum atomic E-state index is 12.0. The van der Waals surface area contributed by atoms with Gasteiger partial charge in [-0.3, -0.25) is 9.59 Å². The molecule has 0 bridgehead atoms. The van der Waals surface area contributed by atoms with Gasteiger partial charge >= 0.3 is 5.97 Å². The van der Waals surface area contributed by atoms with Crippen molar-refractivity contribution < 1.29 is 19.1 Å². The third-order valence-corrected chi connectivity index (χ3v) is 4.21. The predicted molar refractivity (Wildman–Crippen MR) is 90.6 cm³/mol. The van der Waals surface area contributed by atoms with Gasteiger partial charge in [0, 0.05) is 18.7 Å². The number of benzene rings is 1. The van der Waals surface area contributed by atoms with Crippen LogP contribution in [0, 0.1) is 5.92 Å². The number of carbonyl (C=O) groups excluding carboxylic acids is 3. The average molecular weight is 332 g/mol. The van der Waals surface area contributed by atoms with E-state index in [0.717, 1.165) is 19.3 Å². The number of hydrogen-bond donors (Lipinski definition) is 2. The SMILES string of the molecule is CC(=O)Nc1cccc(C(=O)OCC(=O)N[C@H]2CCCC[C@@H]2C)c1. The molecule has 0 unspecified atom stereocenters. The van der Waals surface area contributed by atoms with E-state index in [2.05, 4.69) is 17.6 Å². The summed E-state index contributed by atoms with van der Waals surface area (Å²) in [5.41, 5.74) is 0.803. The van der Waals surface area contributed by atoms with E-state index in [-0.39, 0.29) is 24.5 Å². The number of rotatable bonds is 5. The van der Waals surface area contributed by atoms with Crippen LogP contribution in [0.5, 0.6) is 0 Å². The van der Waals surface area contributed by atoms with E-state index in [4.69, 9.17) is 4.74 Å². The second kappa shape index (κ2) is 8.47. The molecule has 6 nitrogen and oxygen atoms in total. The molecule has 1 aromatic carbocycles. The Kier molecular flexibility index (Phi) is 6.35. The summed E-state index contributed by atoms with van der Waals surface area (Å²) in [6.45, 7) is 3.22. The fourth-order valence-corrected chi connectivity index (χ4v) is 2.92. The van der Waals surface area contributed by atoms with Gasteiger partial charge in [-0.15, -0.1) is 0 Å². The molecule has 0 saturated heterocycles. The van der Waals surface area contributed by atoms with Gasteiger partial charge in [0.05, 0.1) is 5.56 Å². The first-order valence-corrected chi connectivity index (χ1v) is 8.30. The van der Waals surface area contributed by atoms with Gasteiger partial charge in [-0.05, 0) is 37.0 Å². The van der Waals surface area contributed by atoms with Crippen molar-refractivity contribution in [1.29, 1.82) is 0 Å². The van der Waals surface area contributed by atoms with Gasteiger partial charge in [-0.1, -0.05) is 25.8 Å². The van der Waals surface area contributed by atoms with Crippen molar-refractivity contribution in [2.75, 3.05) is 11.9 Å². The molecule has 0 aliphatic heterocycles. The molecule has 2 N–H and O–H groups in total. The summed E-state index contributed by atoms with van der Waals surface area (Å²) in [4.78, 5) is 35.0. The summed E-state index contributed by atoms with van der Waals surface area (Å²) >= 11 is 0. The largest absolute Gasteiger partial charge is 0.452 e. The van der Waals surface area contributed by atoms with Gasteiger partial charge in [0.15, 0.2) is 6.61 Å². The molecule has 2 rings (SSSR count). The standard InChI is InChI=1S/C18H24N2O4/c1-12-6-3-4-9-16(12)20-17(22)11-24-18(23)14-7-5-8-15(10-14)19-13(2)21/h5,7-8,10,12,16H,3-4,6,9,11H2,1-2H3,(H,19,21)(H,20,22)/t12-,16-/m0/s1. The monoisotopic (exact) mass is 332 g/mol. The summed E-state index contributed by atoms with van der Waals surface area (Å²) in [6, 6.07) is 6.58. The quantitative estimate of drug-likeness (QED) is 0.811. The summed E-state index contributed by atoms with van der Waals surface area (Å²) in [7, 11) is 0. The minimum absolute atomic E-state index is 0.160. The molecule has 0 spiro atoms. The van der Waals surface area contributed by atoms with E-state index in [1.165, 1.54) is 19.4 Å². The minimum Gasteiger partial charge on any atom is -0.452 e. The number of hydrogen-bond acceptors (Lipinski definition) is 4. The number of esters is 1. The van der Waals surface area contributed by atoms with E-state index in [9.17, 15) is 14.4 Å². The number of anilines is 1. The molecule has 0 heterocycles. The molecule has 0 aromatic heterocycles. The van der Waals surface area contributed by atoms with Gasteiger partial charge in [0.2, 0.25) is 5.91 Å². The Balaban J connectivity index is 1.83. The molecule has 0 radical (unpaired) electrons. The first-order chi connectivity index (χ1) is 11.5. The highest BCUT2D eigenvalue weighted by molar-refractivity contribution is 5.94. The lowest BCUT2D eigenvalue weighted by Gasteiger charge is -2.29. The molecule has 24 heavy (non-hydrogen) atoms. The average Bonchev–Trinajstić information content (AvgIpc) is 2.54. The molecule has 1 fully saturated rings. The van der Waals surface area contributed by atoms with Crippen molar-refractivity contribution >= 4 is 23.5 Å². The van der Waals surface area contributed by atoms with Crippen molar-refractivity contribution in [2.45, 2.75) is 45.6 Å². The first-order valence-electron chi connectivity index (χ1n) is 8.30. The molecule has 1 aliphatic carbocycles. The fourth-order valence-electron chi connectivity index (χ4n) is 2.92. The Labute approximate surface area is 142 Å². The van der Waals surface area contributed by atoms with Crippen molar-refractivity contribution in [1.82, 2.24) is 5.32 Å². The van der Waals surface area contributed by atoms with E-state index in [1.807, 2.05) is 0 Å². The molecule has 6 heteroatoms. The minimum atomic E-state index is -0.589. The number of carbonyl (C=O) groups is 3. The predicted octanol–water partition coefficient (Wildman–Crippen LogP) is 2.50. The number of amides is 2. The third kappa shape index (κ3) is 5.37. The lowest BCUT2D eigenvalue weighted by atomic mass is 9.86. The second-order valence-electron chi connectivity index (χ2n) is 6.27. The van der Waals surface area contributed by atoms with Gasteiger partial charge in [0.25, 0.3) is 5.91 Å². The Hall–Kier alpha value is -2.37. The summed E-state index contributed by atoms with van der Waals surface area (Å²) in [5, 5.41) is 5.54. The van der Waals surface area contributed by atoms with Gasteiger partial charge in [-0.2, -0.15) is 0 Å². The lowest BCUT2D eigenvalue weighted by Crippen LogP contribution is -2.42.